The van der Waals surface area contributed by atoms with Gasteiger partial charge in [-0.25, -0.2) is 9.79 Å². The zero-order chi connectivity index (χ0) is 16.9. The van der Waals surface area contributed by atoms with Gasteiger partial charge in [0.2, 0.25) is 6.23 Å². The van der Waals surface area contributed by atoms with Crippen LogP contribution in [0.3, 0.4) is 0 Å². The van der Waals surface area contributed by atoms with E-state index in [1.54, 1.807) is 12.3 Å². The number of rotatable bonds is 6. The fourth-order valence-electron chi connectivity index (χ4n) is 2.81. The molecular formula is C20H22N2O2. The number of hydrogen-bond acceptors (Lipinski definition) is 4. The molecule has 1 aliphatic heterocycles. The van der Waals surface area contributed by atoms with Crippen molar-refractivity contribution in [1.82, 2.24) is 4.90 Å². The number of nitrogens with zero attached hydrogens (tertiary/aromatic N) is 2. The van der Waals surface area contributed by atoms with E-state index < -0.39 is 6.23 Å². The molecule has 1 aliphatic rings. The zero-order valence-corrected chi connectivity index (χ0v) is 14.1. The first kappa shape index (κ1) is 16.4. The summed E-state index contributed by atoms with van der Waals surface area (Å²) in [5.74, 6) is -0.303. The van der Waals surface area contributed by atoms with Crippen molar-refractivity contribution in [3.05, 3.63) is 70.8 Å². The van der Waals surface area contributed by atoms with E-state index in [1.165, 1.54) is 5.56 Å². The number of carbonyl (C=O) groups is 1. The predicted molar refractivity (Wildman–Crippen MR) is 95.3 cm³/mol. The maximum atomic E-state index is 11.8. The van der Waals surface area contributed by atoms with Gasteiger partial charge in [0, 0.05) is 18.3 Å². The van der Waals surface area contributed by atoms with E-state index in [9.17, 15) is 4.79 Å². The second kappa shape index (κ2) is 7.41. The Hall–Kier alpha value is -2.46. The third-order valence-corrected chi connectivity index (χ3v) is 4.30. The second-order valence-electron chi connectivity index (χ2n) is 5.83. The lowest BCUT2D eigenvalue weighted by Crippen LogP contribution is -2.21. The molecule has 1 atom stereocenters. The van der Waals surface area contributed by atoms with Crippen LogP contribution in [0, 0.1) is 0 Å². The Bertz CT molecular complexity index is 734. The third-order valence-electron chi connectivity index (χ3n) is 4.30. The van der Waals surface area contributed by atoms with Crippen molar-refractivity contribution in [1.29, 1.82) is 0 Å². The monoisotopic (exact) mass is 322 g/mol. The molecule has 3 rings (SSSR count). The number of fused-ring (bicyclic) bond motifs is 1. The molecule has 4 heteroatoms. The molecule has 0 saturated heterocycles. The predicted octanol–water partition coefficient (Wildman–Crippen LogP) is 3.82. The molecular weight excluding hydrogens is 300 g/mol. The van der Waals surface area contributed by atoms with Crippen LogP contribution in [0.4, 0.5) is 0 Å². The van der Waals surface area contributed by atoms with Crippen LogP contribution in [0.5, 0.6) is 0 Å². The van der Waals surface area contributed by atoms with Crippen molar-refractivity contribution in [2.75, 3.05) is 13.1 Å². The normalized spacial score (nSPS) is 16.6. The summed E-state index contributed by atoms with van der Waals surface area (Å²) in [6.07, 6.45) is 1.23. The largest absolute Gasteiger partial charge is 0.432 e. The summed E-state index contributed by atoms with van der Waals surface area (Å²) >= 11 is 0. The van der Waals surface area contributed by atoms with Crippen LogP contribution in [0.15, 0.2) is 53.5 Å². The van der Waals surface area contributed by atoms with E-state index in [0.29, 0.717) is 5.56 Å². The van der Waals surface area contributed by atoms with Crippen molar-refractivity contribution in [3.8, 4) is 0 Å². The molecule has 0 bridgehead atoms. The number of carbonyl (C=O) groups excluding carboxylic acids is 1. The molecule has 0 N–H and O–H groups in total. The highest BCUT2D eigenvalue weighted by atomic mass is 16.6. The summed E-state index contributed by atoms with van der Waals surface area (Å²) < 4.78 is 5.32. The molecule has 0 radical (unpaired) electrons. The summed E-state index contributed by atoms with van der Waals surface area (Å²) in [5.41, 5.74) is 3.72. The molecule has 0 aliphatic carbocycles. The van der Waals surface area contributed by atoms with E-state index in [-0.39, 0.29) is 5.97 Å². The quantitative estimate of drug-likeness (QED) is 0.600. The maximum absolute atomic E-state index is 11.8. The van der Waals surface area contributed by atoms with E-state index in [2.05, 4.69) is 35.9 Å². The Balaban J connectivity index is 1.69. The van der Waals surface area contributed by atoms with Crippen LogP contribution in [0.1, 0.15) is 47.1 Å². The SMILES string of the molecule is CCN(CC)Cc1ccc(C=NC2OC(=O)c3ccccc32)cc1. The first-order valence-corrected chi connectivity index (χ1v) is 8.35. The molecule has 0 amide bonds. The molecule has 1 heterocycles. The minimum Gasteiger partial charge on any atom is -0.432 e. The van der Waals surface area contributed by atoms with Gasteiger partial charge in [-0.05, 0) is 30.3 Å². The van der Waals surface area contributed by atoms with Gasteiger partial charge >= 0.3 is 5.97 Å². The topological polar surface area (TPSA) is 41.9 Å². The molecule has 24 heavy (non-hydrogen) atoms. The minimum absolute atomic E-state index is 0.303. The average molecular weight is 322 g/mol. The van der Waals surface area contributed by atoms with Gasteiger partial charge in [-0.15, -0.1) is 0 Å². The number of benzene rings is 2. The lowest BCUT2D eigenvalue weighted by atomic mass is 10.1. The number of hydrogen-bond donors (Lipinski definition) is 0. The number of esters is 1. The highest BCUT2D eigenvalue weighted by Gasteiger charge is 2.29. The molecule has 1 unspecified atom stereocenters. The van der Waals surface area contributed by atoms with Gasteiger partial charge in [0.25, 0.3) is 0 Å². The van der Waals surface area contributed by atoms with E-state index in [1.807, 2.05) is 30.3 Å². The minimum atomic E-state index is -0.538. The van der Waals surface area contributed by atoms with Crippen LogP contribution in [0.25, 0.3) is 0 Å². The van der Waals surface area contributed by atoms with E-state index >= 15 is 0 Å². The molecule has 2 aromatic rings. The van der Waals surface area contributed by atoms with Crippen LogP contribution < -0.4 is 0 Å². The maximum Gasteiger partial charge on any atom is 0.340 e. The highest BCUT2D eigenvalue weighted by Crippen LogP contribution is 2.31. The summed E-state index contributed by atoms with van der Waals surface area (Å²) in [5, 5.41) is 0. The molecule has 0 saturated carbocycles. The summed E-state index contributed by atoms with van der Waals surface area (Å²) in [6.45, 7) is 7.40. The van der Waals surface area contributed by atoms with Gasteiger partial charge in [-0.2, -0.15) is 0 Å². The summed E-state index contributed by atoms with van der Waals surface area (Å²) in [7, 11) is 0. The summed E-state index contributed by atoms with van der Waals surface area (Å²) in [6, 6.07) is 15.7. The fraction of sp³-hybridized carbons (Fsp3) is 0.300. The Morgan fingerprint density at radius 3 is 2.50 bits per heavy atom. The molecule has 0 aromatic heterocycles. The van der Waals surface area contributed by atoms with Crippen LogP contribution >= 0.6 is 0 Å². The van der Waals surface area contributed by atoms with Gasteiger partial charge in [0.15, 0.2) is 0 Å². The van der Waals surface area contributed by atoms with Gasteiger partial charge in [0.1, 0.15) is 0 Å². The zero-order valence-electron chi connectivity index (χ0n) is 14.1. The van der Waals surface area contributed by atoms with Crippen LogP contribution in [0.2, 0.25) is 0 Å². The molecule has 4 nitrogen and oxygen atoms in total. The molecule has 0 fully saturated rings. The Morgan fingerprint density at radius 1 is 1.08 bits per heavy atom. The number of ether oxygens (including phenoxy) is 1. The standard InChI is InChI=1S/C20H22N2O2/c1-3-22(4-2)14-16-11-9-15(10-12-16)13-21-19-17-7-5-6-8-18(17)20(23)24-19/h5-13,19H,3-4,14H2,1-2H3. The highest BCUT2D eigenvalue weighted by molar-refractivity contribution is 5.94. The third kappa shape index (κ3) is 3.54. The first-order chi connectivity index (χ1) is 11.7. The van der Waals surface area contributed by atoms with Gasteiger partial charge < -0.3 is 4.74 Å². The van der Waals surface area contributed by atoms with Gasteiger partial charge in [-0.1, -0.05) is 56.3 Å². The number of cyclic esters (lactones) is 1. The Labute approximate surface area is 142 Å². The molecule has 2 aromatic carbocycles. The van der Waals surface area contributed by atoms with Gasteiger partial charge in [-0.3, -0.25) is 4.90 Å². The lowest BCUT2D eigenvalue weighted by Gasteiger charge is -2.17. The number of aliphatic imine (C=N–C) groups is 1. The van der Waals surface area contributed by atoms with Crippen molar-refractivity contribution in [3.63, 3.8) is 0 Å². The van der Waals surface area contributed by atoms with Crippen molar-refractivity contribution in [2.24, 2.45) is 4.99 Å². The first-order valence-electron chi connectivity index (χ1n) is 8.35. The lowest BCUT2D eigenvalue weighted by molar-refractivity contribution is 0.0405. The van der Waals surface area contributed by atoms with Crippen LogP contribution in [-0.2, 0) is 11.3 Å². The van der Waals surface area contributed by atoms with Crippen molar-refractivity contribution in [2.45, 2.75) is 26.6 Å². The average Bonchev–Trinajstić information content (AvgIpc) is 2.95. The fourth-order valence-corrected chi connectivity index (χ4v) is 2.81. The van der Waals surface area contributed by atoms with Gasteiger partial charge in [0.05, 0.1) is 5.56 Å². The molecule has 0 spiro atoms. The van der Waals surface area contributed by atoms with E-state index in [4.69, 9.17) is 4.74 Å². The van der Waals surface area contributed by atoms with Crippen LogP contribution in [-0.4, -0.2) is 30.2 Å². The Kier molecular flexibility index (Phi) is 5.06. The Morgan fingerprint density at radius 2 is 1.79 bits per heavy atom. The van der Waals surface area contributed by atoms with Crippen molar-refractivity contribution < 1.29 is 9.53 Å². The second-order valence-corrected chi connectivity index (χ2v) is 5.83. The van der Waals surface area contributed by atoms with Crippen molar-refractivity contribution >= 4 is 12.2 Å². The van der Waals surface area contributed by atoms with E-state index in [0.717, 1.165) is 30.8 Å². The molecule has 124 valence electrons. The smallest absolute Gasteiger partial charge is 0.340 e. The summed E-state index contributed by atoms with van der Waals surface area (Å²) in [4.78, 5) is 18.6.